The number of piperidine rings is 1. The van der Waals surface area contributed by atoms with Crippen molar-refractivity contribution < 1.29 is 4.79 Å². The van der Waals surface area contributed by atoms with Crippen molar-refractivity contribution in [3.8, 4) is 0 Å². The van der Waals surface area contributed by atoms with Crippen molar-refractivity contribution in [1.82, 2.24) is 25.2 Å². The van der Waals surface area contributed by atoms with Crippen LogP contribution in [0.15, 0.2) is 42.9 Å². The van der Waals surface area contributed by atoms with E-state index in [4.69, 9.17) is 0 Å². The zero-order chi connectivity index (χ0) is 17.1. The number of fused-ring (bicyclic) bond motifs is 1. The normalized spacial score (nSPS) is 17.8. The zero-order valence-corrected chi connectivity index (χ0v) is 14.2. The molecule has 4 rings (SSSR count). The fraction of sp³-hybridized carbons (Fsp3) is 0.368. The molecule has 1 aromatic carbocycles. The molecule has 130 valence electrons. The average Bonchev–Trinajstić information content (AvgIpc) is 3.33. The number of aromatic nitrogens is 3. The lowest BCUT2D eigenvalue weighted by Crippen LogP contribution is -2.45. The van der Waals surface area contributed by atoms with Crippen molar-refractivity contribution in [2.24, 2.45) is 0 Å². The third kappa shape index (κ3) is 3.24. The minimum Gasteiger partial charge on any atom is -0.361 e. The number of likely N-dealkylation sites (tertiary alicyclic amines) is 1. The van der Waals surface area contributed by atoms with Crippen LogP contribution in [0.4, 0.5) is 4.79 Å². The number of benzene rings is 1. The second-order valence-electron chi connectivity index (χ2n) is 6.52. The molecule has 1 unspecified atom stereocenters. The van der Waals surface area contributed by atoms with Gasteiger partial charge in [0.2, 0.25) is 0 Å². The molecule has 1 atom stereocenters. The highest BCUT2D eigenvalue weighted by Crippen LogP contribution is 2.28. The van der Waals surface area contributed by atoms with Gasteiger partial charge in [-0.2, -0.15) is 0 Å². The van der Waals surface area contributed by atoms with Crippen LogP contribution in [0.2, 0.25) is 0 Å². The van der Waals surface area contributed by atoms with E-state index in [0.717, 1.165) is 43.6 Å². The van der Waals surface area contributed by atoms with E-state index in [1.54, 1.807) is 6.20 Å². The Kier molecular flexibility index (Phi) is 4.41. The number of urea groups is 1. The number of hydrogen-bond donors (Lipinski definition) is 3. The molecule has 6 nitrogen and oxygen atoms in total. The van der Waals surface area contributed by atoms with Crippen LogP contribution < -0.4 is 5.32 Å². The lowest BCUT2D eigenvalue weighted by molar-refractivity contribution is 0.148. The third-order valence-electron chi connectivity index (χ3n) is 4.95. The van der Waals surface area contributed by atoms with Gasteiger partial charge < -0.3 is 20.2 Å². The molecule has 2 aromatic heterocycles. The molecule has 0 saturated carbocycles. The summed E-state index contributed by atoms with van der Waals surface area (Å²) in [6.45, 7) is 1.41. The van der Waals surface area contributed by atoms with Crippen LogP contribution in [0, 0.1) is 0 Å². The number of carbonyl (C=O) groups excluding carboxylic acids is 1. The molecule has 1 saturated heterocycles. The van der Waals surface area contributed by atoms with Crippen LogP contribution in [-0.2, 0) is 6.42 Å². The molecule has 3 heterocycles. The van der Waals surface area contributed by atoms with Crippen molar-refractivity contribution in [3.05, 3.63) is 54.2 Å². The van der Waals surface area contributed by atoms with Gasteiger partial charge in [0.25, 0.3) is 0 Å². The molecule has 0 aliphatic carbocycles. The Balaban J connectivity index is 1.39. The van der Waals surface area contributed by atoms with E-state index in [1.807, 2.05) is 23.4 Å². The summed E-state index contributed by atoms with van der Waals surface area (Å²) in [5.41, 5.74) is 2.39. The molecule has 3 N–H and O–H groups in total. The first-order valence-corrected chi connectivity index (χ1v) is 8.91. The number of nitrogens with zero attached hydrogens (tertiary/aromatic N) is 2. The maximum atomic E-state index is 12.7. The Morgan fingerprint density at radius 3 is 3.08 bits per heavy atom. The first-order valence-electron chi connectivity index (χ1n) is 8.91. The molecule has 0 radical (unpaired) electrons. The number of amides is 2. The van der Waals surface area contributed by atoms with Crippen molar-refractivity contribution in [3.63, 3.8) is 0 Å². The van der Waals surface area contributed by atoms with Crippen LogP contribution in [-0.4, -0.2) is 39.0 Å². The number of carbonyl (C=O) groups is 1. The first kappa shape index (κ1) is 15.7. The van der Waals surface area contributed by atoms with Crippen molar-refractivity contribution >= 4 is 16.9 Å². The van der Waals surface area contributed by atoms with Gasteiger partial charge in [-0.3, -0.25) is 0 Å². The molecule has 25 heavy (non-hydrogen) atoms. The largest absolute Gasteiger partial charge is 0.361 e. The lowest BCUT2D eigenvalue weighted by atomic mass is 10.0. The van der Waals surface area contributed by atoms with Crippen LogP contribution in [0.3, 0.4) is 0 Å². The molecule has 0 spiro atoms. The molecular formula is C19H23N5O. The van der Waals surface area contributed by atoms with Gasteiger partial charge in [-0.1, -0.05) is 12.1 Å². The minimum atomic E-state index is 0.00217. The van der Waals surface area contributed by atoms with Gasteiger partial charge in [0.15, 0.2) is 0 Å². The van der Waals surface area contributed by atoms with Crippen LogP contribution in [0.5, 0.6) is 0 Å². The topological polar surface area (TPSA) is 76.8 Å². The molecule has 3 aromatic rings. The summed E-state index contributed by atoms with van der Waals surface area (Å²) in [5, 5.41) is 4.31. The first-order chi connectivity index (χ1) is 12.3. The van der Waals surface area contributed by atoms with Crippen LogP contribution in [0.25, 0.3) is 10.9 Å². The number of rotatable bonds is 4. The molecule has 1 aliphatic heterocycles. The average molecular weight is 337 g/mol. The standard InChI is InChI=1S/C19H23N5O/c25-19(24-13-2-1-6-17(24)18-21-11-12-22-18)23-9-7-14-4-3-5-16-15(14)8-10-20-16/h3-5,8,10-12,17,20H,1-2,6-7,9,13H2,(H,21,22)(H,23,25). The zero-order valence-electron chi connectivity index (χ0n) is 14.2. The SMILES string of the molecule is O=C(NCCc1cccc2[nH]ccc12)N1CCCCC1c1ncc[nH]1. The number of aromatic amines is 2. The number of hydrogen-bond acceptors (Lipinski definition) is 2. The van der Waals surface area contributed by atoms with E-state index in [9.17, 15) is 4.79 Å². The number of H-pyrrole nitrogens is 2. The smallest absolute Gasteiger partial charge is 0.318 e. The highest BCUT2D eigenvalue weighted by atomic mass is 16.2. The molecule has 0 bridgehead atoms. The van der Waals surface area contributed by atoms with E-state index in [-0.39, 0.29) is 12.1 Å². The number of imidazole rings is 1. The Labute approximate surface area is 146 Å². The van der Waals surface area contributed by atoms with Gasteiger partial charge in [0.1, 0.15) is 5.82 Å². The quantitative estimate of drug-likeness (QED) is 0.682. The molecular weight excluding hydrogens is 314 g/mol. The highest BCUT2D eigenvalue weighted by Gasteiger charge is 2.29. The summed E-state index contributed by atoms with van der Waals surface area (Å²) in [6.07, 6.45) is 9.48. The highest BCUT2D eigenvalue weighted by molar-refractivity contribution is 5.83. The van der Waals surface area contributed by atoms with Crippen LogP contribution in [0.1, 0.15) is 36.7 Å². The van der Waals surface area contributed by atoms with E-state index >= 15 is 0 Å². The Morgan fingerprint density at radius 1 is 1.24 bits per heavy atom. The second-order valence-corrected chi connectivity index (χ2v) is 6.52. The Bertz CT molecular complexity index is 839. The molecule has 1 fully saturated rings. The van der Waals surface area contributed by atoms with Crippen LogP contribution >= 0.6 is 0 Å². The predicted molar refractivity (Wildman–Crippen MR) is 97.3 cm³/mol. The van der Waals surface area contributed by atoms with Gasteiger partial charge in [0.05, 0.1) is 6.04 Å². The van der Waals surface area contributed by atoms with Gasteiger partial charge in [-0.25, -0.2) is 9.78 Å². The van der Waals surface area contributed by atoms with E-state index in [0.29, 0.717) is 6.54 Å². The second kappa shape index (κ2) is 7.01. The van der Waals surface area contributed by atoms with Gasteiger partial charge in [0, 0.05) is 42.6 Å². The summed E-state index contributed by atoms with van der Waals surface area (Å²) >= 11 is 0. The molecule has 6 heteroatoms. The fourth-order valence-corrected chi connectivity index (χ4v) is 3.69. The number of nitrogens with one attached hydrogen (secondary N) is 3. The summed E-state index contributed by atoms with van der Waals surface area (Å²) in [6, 6.07) is 8.38. The summed E-state index contributed by atoms with van der Waals surface area (Å²) in [5.74, 6) is 0.881. The van der Waals surface area contributed by atoms with Crippen molar-refractivity contribution in [2.75, 3.05) is 13.1 Å². The Morgan fingerprint density at radius 2 is 2.20 bits per heavy atom. The third-order valence-corrected chi connectivity index (χ3v) is 4.95. The Hall–Kier alpha value is -2.76. The predicted octanol–water partition coefficient (Wildman–Crippen LogP) is 3.37. The van der Waals surface area contributed by atoms with E-state index in [1.165, 1.54) is 10.9 Å². The van der Waals surface area contributed by atoms with Gasteiger partial charge in [-0.15, -0.1) is 0 Å². The minimum absolute atomic E-state index is 0.00217. The molecule has 2 amide bonds. The molecule has 1 aliphatic rings. The van der Waals surface area contributed by atoms with Crippen molar-refractivity contribution in [2.45, 2.75) is 31.7 Å². The summed E-state index contributed by atoms with van der Waals surface area (Å²) in [4.78, 5) is 25.3. The van der Waals surface area contributed by atoms with E-state index in [2.05, 4.69) is 38.5 Å². The van der Waals surface area contributed by atoms with Crippen molar-refractivity contribution in [1.29, 1.82) is 0 Å². The van der Waals surface area contributed by atoms with E-state index < -0.39 is 0 Å². The maximum Gasteiger partial charge on any atom is 0.318 e. The fourth-order valence-electron chi connectivity index (χ4n) is 3.69. The van der Waals surface area contributed by atoms with Gasteiger partial charge in [-0.05, 0) is 43.4 Å². The summed E-state index contributed by atoms with van der Waals surface area (Å²) < 4.78 is 0. The maximum absolute atomic E-state index is 12.7. The lowest BCUT2D eigenvalue weighted by Gasteiger charge is -2.34. The van der Waals surface area contributed by atoms with Gasteiger partial charge >= 0.3 is 6.03 Å². The summed E-state index contributed by atoms with van der Waals surface area (Å²) in [7, 11) is 0. The monoisotopic (exact) mass is 337 g/mol.